The van der Waals surface area contributed by atoms with Crippen LogP contribution < -0.4 is 5.32 Å². The van der Waals surface area contributed by atoms with Crippen molar-refractivity contribution in [2.45, 2.75) is 13.1 Å². The summed E-state index contributed by atoms with van der Waals surface area (Å²) in [7, 11) is 0. The Labute approximate surface area is 110 Å². The number of aromatic hydroxyl groups is 1. The molecule has 0 radical (unpaired) electrons. The van der Waals surface area contributed by atoms with Gasteiger partial charge in [-0.25, -0.2) is 4.39 Å². The zero-order valence-electron chi connectivity index (χ0n) is 9.66. The van der Waals surface area contributed by atoms with Crippen molar-refractivity contribution >= 4 is 11.6 Å². The van der Waals surface area contributed by atoms with Gasteiger partial charge in [-0.15, -0.1) is 0 Å². The number of phenolic OH excluding ortho intramolecular Hbond substituents is 1. The average molecular weight is 266 g/mol. The van der Waals surface area contributed by atoms with Gasteiger partial charge in [0.25, 0.3) is 0 Å². The van der Waals surface area contributed by atoms with Crippen LogP contribution in [0.15, 0.2) is 42.5 Å². The zero-order valence-corrected chi connectivity index (χ0v) is 10.4. The first-order chi connectivity index (χ1) is 8.65. The third-order valence-electron chi connectivity index (χ3n) is 2.56. The molecule has 2 aromatic rings. The van der Waals surface area contributed by atoms with E-state index < -0.39 is 0 Å². The molecule has 2 aromatic carbocycles. The van der Waals surface area contributed by atoms with Crippen molar-refractivity contribution < 1.29 is 9.50 Å². The normalized spacial score (nSPS) is 10.6. The minimum atomic E-state index is -0.234. The summed E-state index contributed by atoms with van der Waals surface area (Å²) in [5, 5.41) is 12.8. The summed E-state index contributed by atoms with van der Waals surface area (Å²) < 4.78 is 12.9. The van der Waals surface area contributed by atoms with Crippen LogP contribution in [0.4, 0.5) is 4.39 Å². The molecule has 0 amide bonds. The molecule has 0 bridgehead atoms. The fourth-order valence-corrected chi connectivity index (χ4v) is 1.86. The molecule has 94 valence electrons. The summed E-state index contributed by atoms with van der Waals surface area (Å²) in [5.41, 5.74) is 1.86. The Kier molecular flexibility index (Phi) is 4.18. The van der Waals surface area contributed by atoms with Gasteiger partial charge in [-0.2, -0.15) is 0 Å². The van der Waals surface area contributed by atoms with Gasteiger partial charge < -0.3 is 10.4 Å². The minimum absolute atomic E-state index is 0.0746. The number of halogens is 2. The summed E-state index contributed by atoms with van der Waals surface area (Å²) in [6.45, 7) is 1.19. The molecule has 0 spiro atoms. The molecule has 0 saturated carbocycles. The second-order valence-electron chi connectivity index (χ2n) is 4.02. The summed E-state index contributed by atoms with van der Waals surface area (Å²) >= 11 is 5.80. The Morgan fingerprint density at radius 2 is 1.78 bits per heavy atom. The molecule has 4 heteroatoms. The molecule has 2 rings (SSSR count). The molecule has 0 heterocycles. The van der Waals surface area contributed by atoms with Gasteiger partial charge in [0.05, 0.1) is 5.02 Å². The summed E-state index contributed by atoms with van der Waals surface area (Å²) in [6.07, 6.45) is 0. The van der Waals surface area contributed by atoms with Crippen LogP contribution in [0.25, 0.3) is 0 Å². The van der Waals surface area contributed by atoms with E-state index in [4.69, 9.17) is 11.6 Å². The van der Waals surface area contributed by atoms with Crippen LogP contribution >= 0.6 is 11.6 Å². The molecule has 0 unspecified atom stereocenters. The number of rotatable bonds is 4. The topological polar surface area (TPSA) is 32.3 Å². The Hall–Kier alpha value is -1.58. The van der Waals surface area contributed by atoms with Gasteiger partial charge in [0.2, 0.25) is 0 Å². The predicted octanol–water partition coefficient (Wildman–Crippen LogP) is 3.47. The van der Waals surface area contributed by atoms with Gasteiger partial charge >= 0.3 is 0 Å². The molecule has 18 heavy (non-hydrogen) atoms. The molecule has 0 aliphatic rings. The lowest BCUT2D eigenvalue weighted by Gasteiger charge is -2.06. The Morgan fingerprint density at radius 1 is 1.06 bits per heavy atom. The Morgan fingerprint density at radius 3 is 2.44 bits per heavy atom. The van der Waals surface area contributed by atoms with Crippen LogP contribution in [-0.4, -0.2) is 5.11 Å². The summed E-state index contributed by atoms with van der Waals surface area (Å²) in [4.78, 5) is 0. The molecule has 0 saturated heterocycles. The molecule has 2 nitrogen and oxygen atoms in total. The van der Waals surface area contributed by atoms with Gasteiger partial charge in [-0.3, -0.25) is 0 Å². The highest BCUT2D eigenvalue weighted by Gasteiger charge is 2.00. The highest BCUT2D eigenvalue weighted by atomic mass is 35.5. The number of benzene rings is 2. The van der Waals surface area contributed by atoms with E-state index in [9.17, 15) is 9.50 Å². The van der Waals surface area contributed by atoms with E-state index in [1.54, 1.807) is 24.3 Å². The van der Waals surface area contributed by atoms with Crippen LogP contribution in [-0.2, 0) is 13.1 Å². The van der Waals surface area contributed by atoms with Crippen molar-refractivity contribution in [3.8, 4) is 5.75 Å². The first-order valence-electron chi connectivity index (χ1n) is 5.58. The molecule has 0 fully saturated rings. The monoisotopic (exact) mass is 265 g/mol. The molecule has 2 N–H and O–H groups in total. The third kappa shape index (κ3) is 3.45. The van der Waals surface area contributed by atoms with Crippen LogP contribution in [0.5, 0.6) is 5.75 Å². The molecular formula is C14H13ClFNO. The van der Waals surface area contributed by atoms with Gasteiger partial charge in [-0.05, 0) is 35.4 Å². The highest BCUT2D eigenvalue weighted by Crippen LogP contribution is 2.23. The van der Waals surface area contributed by atoms with E-state index in [2.05, 4.69) is 5.32 Å². The first-order valence-corrected chi connectivity index (χ1v) is 5.95. The van der Waals surface area contributed by atoms with Crippen molar-refractivity contribution in [2.24, 2.45) is 0 Å². The van der Waals surface area contributed by atoms with Gasteiger partial charge in [0.1, 0.15) is 11.6 Å². The number of hydrogen-bond acceptors (Lipinski definition) is 2. The fourth-order valence-electron chi connectivity index (χ4n) is 1.66. The van der Waals surface area contributed by atoms with Crippen molar-refractivity contribution in [1.82, 2.24) is 5.32 Å². The molecule has 0 aromatic heterocycles. The minimum Gasteiger partial charge on any atom is -0.506 e. The van der Waals surface area contributed by atoms with Crippen molar-refractivity contribution in [2.75, 3.05) is 0 Å². The Bertz CT molecular complexity index is 545. The fraction of sp³-hybridized carbons (Fsp3) is 0.143. The largest absolute Gasteiger partial charge is 0.506 e. The second kappa shape index (κ2) is 5.85. The highest BCUT2D eigenvalue weighted by molar-refractivity contribution is 6.32. The van der Waals surface area contributed by atoms with E-state index in [0.717, 1.165) is 11.1 Å². The molecular weight excluding hydrogens is 253 g/mol. The van der Waals surface area contributed by atoms with E-state index >= 15 is 0 Å². The number of phenols is 1. The maximum Gasteiger partial charge on any atom is 0.134 e. The zero-order chi connectivity index (χ0) is 13.0. The van der Waals surface area contributed by atoms with E-state index in [-0.39, 0.29) is 11.6 Å². The number of hydrogen-bond donors (Lipinski definition) is 2. The van der Waals surface area contributed by atoms with E-state index in [0.29, 0.717) is 18.1 Å². The number of nitrogens with one attached hydrogen (secondary N) is 1. The second-order valence-corrected chi connectivity index (χ2v) is 4.43. The summed E-state index contributed by atoms with van der Waals surface area (Å²) in [5.74, 6) is -0.160. The quantitative estimate of drug-likeness (QED) is 0.887. The van der Waals surface area contributed by atoms with E-state index in [1.807, 2.05) is 6.07 Å². The molecule has 0 aliphatic carbocycles. The lowest BCUT2D eigenvalue weighted by atomic mass is 10.2. The lowest BCUT2D eigenvalue weighted by molar-refractivity contribution is 0.475. The average Bonchev–Trinajstić information content (AvgIpc) is 2.34. The smallest absolute Gasteiger partial charge is 0.134 e. The summed E-state index contributed by atoms with van der Waals surface area (Å²) in [6, 6.07) is 11.5. The van der Waals surface area contributed by atoms with Crippen LogP contribution in [0.3, 0.4) is 0 Å². The van der Waals surface area contributed by atoms with Crippen LogP contribution in [0, 0.1) is 5.82 Å². The van der Waals surface area contributed by atoms with Gasteiger partial charge in [0.15, 0.2) is 0 Å². The van der Waals surface area contributed by atoms with Gasteiger partial charge in [0, 0.05) is 13.1 Å². The molecule has 0 atom stereocenters. The lowest BCUT2D eigenvalue weighted by Crippen LogP contribution is -2.12. The third-order valence-corrected chi connectivity index (χ3v) is 2.86. The van der Waals surface area contributed by atoms with Crippen molar-refractivity contribution in [1.29, 1.82) is 0 Å². The predicted molar refractivity (Wildman–Crippen MR) is 70.1 cm³/mol. The molecule has 0 aliphatic heterocycles. The Balaban J connectivity index is 1.90. The maximum absolute atomic E-state index is 12.9. The van der Waals surface area contributed by atoms with E-state index in [1.165, 1.54) is 12.1 Å². The SMILES string of the molecule is Oc1ccc(CNCc2cccc(F)c2)cc1Cl. The maximum atomic E-state index is 12.9. The standard InChI is InChI=1S/C14H13ClFNO/c15-13-7-11(4-5-14(13)18)9-17-8-10-2-1-3-12(16)6-10/h1-7,17-18H,8-9H2. The van der Waals surface area contributed by atoms with Crippen molar-refractivity contribution in [3.63, 3.8) is 0 Å². The first kappa shape index (κ1) is 12.9. The van der Waals surface area contributed by atoms with Crippen LogP contribution in [0.1, 0.15) is 11.1 Å². The van der Waals surface area contributed by atoms with Gasteiger partial charge in [-0.1, -0.05) is 29.8 Å². The van der Waals surface area contributed by atoms with Crippen LogP contribution in [0.2, 0.25) is 5.02 Å². The van der Waals surface area contributed by atoms with Crippen molar-refractivity contribution in [3.05, 3.63) is 64.4 Å².